The van der Waals surface area contributed by atoms with E-state index in [9.17, 15) is 22.8 Å². The lowest BCUT2D eigenvalue weighted by Crippen LogP contribution is -2.41. The van der Waals surface area contributed by atoms with Gasteiger partial charge in [-0.1, -0.05) is 30.3 Å². The predicted molar refractivity (Wildman–Crippen MR) is 135 cm³/mol. The van der Waals surface area contributed by atoms with Gasteiger partial charge in [0.25, 0.3) is 0 Å². The number of fused-ring (bicyclic) bond motifs is 1. The standard InChI is InChI=1S/C28H32F3N3O3/c1-18(13-16-35)34-25(19-11-14-33(15-12-19)26(36)37-27(2,3)4)22-10-9-20(17-24(22)32-34)21-7-5-6-8-23(21)28(29,30)31/h5-10,16-19H,11-15H2,1-4H3. The molecule has 9 heteroatoms. The summed E-state index contributed by atoms with van der Waals surface area (Å²) in [6.45, 7) is 8.44. The highest BCUT2D eigenvalue weighted by Gasteiger charge is 2.34. The number of carbonyl (C=O) groups is 2. The van der Waals surface area contributed by atoms with Crippen LogP contribution in [0.2, 0.25) is 0 Å². The maximum atomic E-state index is 13.6. The van der Waals surface area contributed by atoms with Crippen molar-refractivity contribution in [2.45, 2.75) is 70.7 Å². The van der Waals surface area contributed by atoms with Crippen LogP contribution in [0, 0.1) is 0 Å². The van der Waals surface area contributed by atoms with Crippen LogP contribution in [0.1, 0.15) is 70.2 Å². The van der Waals surface area contributed by atoms with Crippen LogP contribution in [-0.4, -0.2) is 45.8 Å². The number of ether oxygens (including phenoxy) is 1. The minimum atomic E-state index is -4.48. The zero-order chi connectivity index (χ0) is 27.0. The van der Waals surface area contributed by atoms with Gasteiger partial charge in [0.15, 0.2) is 0 Å². The number of carbonyl (C=O) groups excluding carboxylic acids is 2. The summed E-state index contributed by atoms with van der Waals surface area (Å²) in [5, 5.41) is 5.61. The first kappa shape index (κ1) is 26.7. The molecule has 0 radical (unpaired) electrons. The number of piperidine rings is 1. The van der Waals surface area contributed by atoms with Gasteiger partial charge in [-0.15, -0.1) is 0 Å². The fourth-order valence-electron chi connectivity index (χ4n) is 4.92. The molecule has 0 N–H and O–H groups in total. The Morgan fingerprint density at radius 1 is 1.14 bits per heavy atom. The van der Waals surface area contributed by atoms with Crippen molar-refractivity contribution in [3.05, 3.63) is 53.7 Å². The third-order valence-corrected chi connectivity index (χ3v) is 6.67. The molecule has 1 aromatic heterocycles. The number of aromatic nitrogens is 2. The minimum Gasteiger partial charge on any atom is -0.444 e. The summed E-state index contributed by atoms with van der Waals surface area (Å²) in [5.74, 6) is 0.0751. The fraction of sp³-hybridized carbons (Fsp3) is 0.464. The summed E-state index contributed by atoms with van der Waals surface area (Å²) in [6, 6.07) is 10.5. The molecule has 0 spiro atoms. The second-order valence-electron chi connectivity index (χ2n) is 10.6. The molecule has 37 heavy (non-hydrogen) atoms. The second kappa shape index (κ2) is 10.2. The van der Waals surface area contributed by atoms with Crippen molar-refractivity contribution < 1.29 is 27.5 Å². The molecule has 1 atom stereocenters. The van der Waals surface area contributed by atoms with E-state index in [1.165, 1.54) is 12.1 Å². The molecule has 2 aromatic carbocycles. The average Bonchev–Trinajstić information content (AvgIpc) is 3.21. The number of nitrogens with zero attached hydrogens (tertiary/aromatic N) is 3. The Kier molecular flexibility index (Phi) is 7.35. The molecule has 1 amide bonds. The molecule has 0 aliphatic carbocycles. The lowest BCUT2D eigenvalue weighted by molar-refractivity contribution is -0.137. The first-order chi connectivity index (χ1) is 17.4. The molecule has 3 aromatic rings. The summed E-state index contributed by atoms with van der Waals surface area (Å²) in [5.41, 5.74) is 0.785. The van der Waals surface area contributed by atoms with Crippen molar-refractivity contribution in [3.8, 4) is 11.1 Å². The van der Waals surface area contributed by atoms with Gasteiger partial charge < -0.3 is 14.4 Å². The molecule has 198 valence electrons. The quantitative estimate of drug-likeness (QED) is 0.344. The number of halogens is 3. The Morgan fingerprint density at radius 2 is 1.81 bits per heavy atom. The van der Waals surface area contributed by atoms with Gasteiger partial charge in [-0.3, -0.25) is 4.68 Å². The molecule has 2 heterocycles. The zero-order valence-electron chi connectivity index (χ0n) is 21.5. The summed E-state index contributed by atoms with van der Waals surface area (Å²) in [7, 11) is 0. The molecular weight excluding hydrogens is 483 g/mol. The number of hydrogen-bond donors (Lipinski definition) is 0. The summed E-state index contributed by atoms with van der Waals surface area (Å²) < 4.78 is 48.3. The van der Waals surface area contributed by atoms with E-state index in [-0.39, 0.29) is 30.0 Å². The van der Waals surface area contributed by atoms with Gasteiger partial charge in [0.1, 0.15) is 11.9 Å². The SMILES string of the molecule is CC(CC=O)n1nc2cc(-c3ccccc3C(F)(F)F)ccc2c1C1CCN(C(=O)OC(C)(C)C)CC1. The number of amides is 1. The number of rotatable bonds is 5. The van der Waals surface area contributed by atoms with Crippen molar-refractivity contribution in [2.75, 3.05) is 13.1 Å². The minimum absolute atomic E-state index is 0.0751. The number of likely N-dealkylation sites (tertiary alicyclic amines) is 1. The molecule has 1 unspecified atom stereocenters. The van der Waals surface area contributed by atoms with Gasteiger partial charge in [-0.05, 0) is 63.8 Å². The molecular formula is C28H32F3N3O3. The van der Waals surface area contributed by atoms with Crippen LogP contribution in [0.4, 0.5) is 18.0 Å². The monoisotopic (exact) mass is 515 g/mol. The smallest absolute Gasteiger partial charge is 0.417 e. The third-order valence-electron chi connectivity index (χ3n) is 6.67. The van der Waals surface area contributed by atoms with Gasteiger partial charge >= 0.3 is 12.3 Å². The maximum Gasteiger partial charge on any atom is 0.417 e. The van der Waals surface area contributed by atoms with Gasteiger partial charge in [-0.2, -0.15) is 18.3 Å². The molecule has 1 fully saturated rings. The largest absolute Gasteiger partial charge is 0.444 e. The normalized spacial score (nSPS) is 16.1. The Bertz CT molecular complexity index is 1290. The average molecular weight is 516 g/mol. The van der Waals surface area contributed by atoms with Crippen molar-refractivity contribution >= 4 is 23.3 Å². The lowest BCUT2D eigenvalue weighted by atomic mass is 9.90. The van der Waals surface area contributed by atoms with Crippen molar-refractivity contribution in [3.63, 3.8) is 0 Å². The topological polar surface area (TPSA) is 64.4 Å². The van der Waals surface area contributed by atoms with E-state index in [0.717, 1.165) is 23.4 Å². The Balaban J connectivity index is 1.70. The molecule has 6 nitrogen and oxygen atoms in total. The summed E-state index contributed by atoms with van der Waals surface area (Å²) >= 11 is 0. The van der Waals surface area contributed by atoms with E-state index < -0.39 is 17.3 Å². The molecule has 1 saturated heterocycles. The van der Waals surface area contributed by atoms with E-state index in [4.69, 9.17) is 9.84 Å². The molecule has 1 aliphatic heterocycles. The van der Waals surface area contributed by atoms with Crippen molar-refractivity contribution in [1.82, 2.24) is 14.7 Å². The highest BCUT2D eigenvalue weighted by atomic mass is 19.4. The highest BCUT2D eigenvalue weighted by molar-refractivity contribution is 5.87. The fourth-order valence-corrected chi connectivity index (χ4v) is 4.92. The predicted octanol–water partition coefficient (Wildman–Crippen LogP) is 6.99. The number of benzene rings is 2. The van der Waals surface area contributed by atoms with E-state index in [2.05, 4.69) is 0 Å². The van der Waals surface area contributed by atoms with Crippen LogP contribution in [0.15, 0.2) is 42.5 Å². The first-order valence-electron chi connectivity index (χ1n) is 12.5. The maximum absolute atomic E-state index is 13.6. The summed E-state index contributed by atoms with van der Waals surface area (Å²) in [6.07, 6.45) is -2.33. The van der Waals surface area contributed by atoms with Crippen LogP contribution >= 0.6 is 0 Å². The summed E-state index contributed by atoms with van der Waals surface area (Å²) in [4.78, 5) is 25.5. The van der Waals surface area contributed by atoms with Crippen molar-refractivity contribution in [1.29, 1.82) is 0 Å². The van der Waals surface area contributed by atoms with Crippen LogP contribution < -0.4 is 0 Å². The van der Waals surface area contributed by atoms with Crippen LogP contribution in [0.25, 0.3) is 22.0 Å². The highest BCUT2D eigenvalue weighted by Crippen LogP contribution is 2.40. The van der Waals surface area contributed by atoms with Crippen molar-refractivity contribution in [2.24, 2.45) is 0 Å². The first-order valence-corrected chi connectivity index (χ1v) is 12.5. The van der Waals surface area contributed by atoms with Crippen LogP contribution in [0.5, 0.6) is 0 Å². The van der Waals surface area contributed by atoms with Gasteiger partial charge in [0, 0.05) is 36.5 Å². The number of hydrogen-bond acceptors (Lipinski definition) is 4. The van der Waals surface area contributed by atoms with Gasteiger partial charge in [0.05, 0.1) is 17.1 Å². The van der Waals surface area contributed by atoms with E-state index >= 15 is 0 Å². The van der Waals surface area contributed by atoms with E-state index in [1.54, 1.807) is 23.1 Å². The zero-order valence-corrected chi connectivity index (χ0v) is 21.5. The number of alkyl halides is 3. The Labute approximate surface area is 214 Å². The molecule has 0 bridgehead atoms. The molecule has 4 rings (SSSR count). The van der Waals surface area contributed by atoms with E-state index in [0.29, 0.717) is 37.0 Å². The van der Waals surface area contributed by atoms with Gasteiger partial charge in [0.2, 0.25) is 0 Å². The Hall–Kier alpha value is -3.36. The van der Waals surface area contributed by atoms with E-state index in [1.807, 2.05) is 38.4 Å². The molecule has 0 saturated carbocycles. The number of aldehydes is 1. The van der Waals surface area contributed by atoms with Crippen LogP contribution in [0.3, 0.4) is 0 Å². The lowest BCUT2D eigenvalue weighted by Gasteiger charge is -2.34. The second-order valence-corrected chi connectivity index (χ2v) is 10.6. The Morgan fingerprint density at radius 3 is 2.43 bits per heavy atom. The molecule has 1 aliphatic rings. The van der Waals surface area contributed by atoms with Gasteiger partial charge in [-0.25, -0.2) is 4.79 Å². The third kappa shape index (κ3) is 5.81. The van der Waals surface area contributed by atoms with Crippen LogP contribution in [-0.2, 0) is 15.7 Å².